The smallest absolute Gasteiger partial charge is 0.408 e. The summed E-state index contributed by atoms with van der Waals surface area (Å²) in [6.45, 7) is 3.25. The van der Waals surface area contributed by atoms with Crippen LogP contribution >= 0.6 is 0 Å². The van der Waals surface area contributed by atoms with Gasteiger partial charge in [-0.05, 0) is 38.1 Å². The molecule has 0 radical (unpaired) electrons. The maximum Gasteiger partial charge on any atom is 0.417 e. The van der Waals surface area contributed by atoms with Gasteiger partial charge in [0.1, 0.15) is 0 Å². The number of rotatable bonds is 5. The molecule has 0 bridgehead atoms. The van der Waals surface area contributed by atoms with Crippen LogP contribution in [-0.2, 0) is 10.0 Å². The van der Waals surface area contributed by atoms with Crippen molar-refractivity contribution in [3.8, 4) is 0 Å². The molecule has 2 heterocycles. The Morgan fingerprint density at radius 3 is 2.77 bits per heavy atom. The van der Waals surface area contributed by atoms with Crippen molar-refractivity contribution in [2.75, 3.05) is 33.2 Å². The fourth-order valence-corrected chi connectivity index (χ4v) is 3.85. The highest BCUT2D eigenvalue weighted by Gasteiger charge is 2.23. The number of hydrogen-bond donors (Lipinski definition) is 1. The Kier molecular flexibility index (Phi) is 4.07. The summed E-state index contributed by atoms with van der Waals surface area (Å²) in [5.41, 5.74) is 0.739. The number of likely N-dealkylation sites (tertiary alicyclic amines) is 1. The third-order valence-corrected chi connectivity index (χ3v) is 5.88. The van der Waals surface area contributed by atoms with E-state index in [2.05, 4.69) is 9.88 Å². The molecule has 3 rings (SSSR count). The second-order valence-corrected chi connectivity index (χ2v) is 7.59. The van der Waals surface area contributed by atoms with Gasteiger partial charge < -0.3 is 9.32 Å². The van der Waals surface area contributed by atoms with Crippen molar-refractivity contribution >= 4 is 21.1 Å². The van der Waals surface area contributed by atoms with Gasteiger partial charge in [-0.3, -0.25) is 4.98 Å². The Morgan fingerprint density at radius 2 is 2.05 bits per heavy atom. The minimum Gasteiger partial charge on any atom is -0.408 e. The van der Waals surface area contributed by atoms with Crippen molar-refractivity contribution in [2.24, 2.45) is 0 Å². The van der Waals surface area contributed by atoms with Crippen LogP contribution in [0, 0.1) is 0 Å². The molecular weight excluding hydrogens is 306 g/mol. The SMILES string of the molecule is CN(CCN1CCCC1)S(=O)(=O)c1ccc2[nH]c(=O)oc2c1. The van der Waals surface area contributed by atoms with Gasteiger partial charge in [-0.15, -0.1) is 0 Å². The number of likely N-dealkylation sites (N-methyl/N-ethyl adjacent to an activating group) is 1. The molecule has 1 aliphatic rings. The first kappa shape index (κ1) is 15.3. The van der Waals surface area contributed by atoms with Gasteiger partial charge >= 0.3 is 5.76 Å². The van der Waals surface area contributed by atoms with Crippen LogP contribution in [-0.4, -0.2) is 55.8 Å². The summed E-state index contributed by atoms with van der Waals surface area (Å²) in [5.74, 6) is -0.591. The van der Waals surface area contributed by atoms with Crippen molar-refractivity contribution in [1.82, 2.24) is 14.2 Å². The third kappa shape index (κ3) is 2.94. The van der Waals surface area contributed by atoms with Crippen LogP contribution in [0.4, 0.5) is 0 Å². The van der Waals surface area contributed by atoms with Crippen molar-refractivity contribution in [2.45, 2.75) is 17.7 Å². The zero-order chi connectivity index (χ0) is 15.7. The number of benzene rings is 1. The van der Waals surface area contributed by atoms with E-state index in [0.717, 1.165) is 19.6 Å². The molecule has 1 aromatic carbocycles. The number of H-pyrrole nitrogens is 1. The normalized spacial score (nSPS) is 16.8. The molecule has 0 saturated carbocycles. The Morgan fingerprint density at radius 1 is 1.32 bits per heavy atom. The molecule has 1 aliphatic heterocycles. The highest BCUT2D eigenvalue weighted by Crippen LogP contribution is 2.19. The fourth-order valence-electron chi connectivity index (χ4n) is 2.67. The quantitative estimate of drug-likeness (QED) is 0.880. The zero-order valence-electron chi connectivity index (χ0n) is 12.4. The van der Waals surface area contributed by atoms with E-state index in [1.165, 1.54) is 29.3 Å². The lowest BCUT2D eigenvalue weighted by atomic mass is 10.3. The number of nitrogens with one attached hydrogen (secondary N) is 1. The van der Waals surface area contributed by atoms with E-state index >= 15 is 0 Å². The van der Waals surface area contributed by atoms with E-state index in [4.69, 9.17) is 4.42 Å². The molecule has 0 atom stereocenters. The Bertz CT molecular complexity index is 818. The monoisotopic (exact) mass is 325 g/mol. The Labute approximate surface area is 128 Å². The summed E-state index contributed by atoms with van der Waals surface area (Å²) >= 11 is 0. The molecule has 1 N–H and O–H groups in total. The first-order valence-electron chi connectivity index (χ1n) is 7.28. The summed E-state index contributed by atoms with van der Waals surface area (Å²) < 4.78 is 31.4. The Balaban J connectivity index is 1.78. The number of nitrogens with zero attached hydrogens (tertiary/aromatic N) is 2. The van der Waals surface area contributed by atoms with Crippen molar-refractivity contribution in [1.29, 1.82) is 0 Å². The van der Waals surface area contributed by atoms with Crippen molar-refractivity contribution < 1.29 is 12.8 Å². The summed E-state index contributed by atoms with van der Waals surface area (Å²) in [6.07, 6.45) is 2.36. The van der Waals surface area contributed by atoms with Crippen LogP contribution in [0.15, 0.2) is 32.3 Å². The number of sulfonamides is 1. The van der Waals surface area contributed by atoms with Gasteiger partial charge in [0.25, 0.3) is 0 Å². The summed E-state index contributed by atoms with van der Waals surface area (Å²) in [6, 6.07) is 4.41. The van der Waals surface area contributed by atoms with Gasteiger partial charge in [0.15, 0.2) is 5.58 Å². The van der Waals surface area contributed by atoms with E-state index in [-0.39, 0.29) is 10.5 Å². The number of hydrogen-bond acceptors (Lipinski definition) is 5. The summed E-state index contributed by atoms with van der Waals surface area (Å²) in [5, 5.41) is 0. The van der Waals surface area contributed by atoms with Gasteiger partial charge in [-0.2, -0.15) is 4.31 Å². The highest BCUT2D eigenvalue weighted by molar-refractivity contribution is 7.89. The number of aromatic nitrogens is 1. The minimum absolute atomic E-state index is 0.131. The van der Waals surface area contributed by atoms with E-state index in [1.54, 1.807) is 13.1 Å². The van der Waals surface area contributed by atoms with Gasteiger partial charge in [0.2, 0.25) is 10.0 Å². The molecule has 0 spiro atoms. The number of fused-ring (bicyclic) bond motifs is 1. The predicted octanol–water partition coefficient (Wildman–Crippen LogP) is 0.837. The molecule has 8 heteroatoms. The topological polar surface area (TPSA) is 86.6 Å². The summed E-state index contributed by atoms with van der Waals surface area (Å²) in [4.78, 5) is 16.0. The number of aromatic amines is 1. The lowest BCUT2D eigenvalue weighted by Crippen LogP contribution is -2.35. The molecule has 1 aromatic heterocycles. The maximum atomic E-state index is 12.6. The van der Waals surface area contributed by atoms with Crippen LogP contribution in [0.2, 0.25) is 0 Å². The molecule has 1 fully saturated rings. The third-order valence-electron chi connectivity index (χ3n) is 4.03. The lowest BCUT2D eigenvalue weighted by Gasteiger charge is -2.21. The minimum atomic E-state index is -3.58. The van der Waals surface area contributed by atoms with E-state index in [9.17, 15) is 13.2 Å². The van der Waals surface area contributed by atoms with Crippen LogP contribution in [0.1, 0.15) is 12.8 Å². The van der Waals surface area contributed by atoms with Crippen LogP contribution in [0.25, 0.3) is 11.1 Å². The molecule has 22 heavy (non-hydrogen) atoms. The summed E-state index contributed by atoms with van der Waals surface area (Å²) in [7, 11) is -2.01. The average molecular weight is 325 g/mol. The van der Waals surface area contributed by atoms with Crippen LogP contribution in [0.5, 0.6) is 0 Å². The van der Waals surface area contributed by atoms with Crippen LogP contribution in [0.3, 0.4) is 0 Å². The zero-order valence-corrected chi connectivity index (χ0v) is 13.2. The molecular formula is C14H19N3O4S. The molecule has 0 aliphatic carbocycles. The van der Waals surface area contributed by atoms with Crippen LogP contribution < -0.4 is 5.76 Å². The molecule has 2 aromatic rings. The molecule has 120 valence electrons. The maximum absolute atomic E-state index is 12.6. The second-order valence-electron chi connectivity index (χ2n) is 5.55. The van der Waals surface area contributed by atoms with Gasteiger partial charge in [-0.25, -0.2) is 13.2 Å². The molecule has 7 nitrogen and oxygen atoms in total. The average Bonchev–Trinajstić information content (AvgIpc) is 3.11. The van der Waals surface area contributed by atoms with Crippen molar-refractivity contribution in [3.05, 3.63) is 28.7 Å². The second kappa shape index (κ2) is 5.86. The fraction of sp³-hybridized carbons (Fsp3) is 0.500. The number of oxazole rings is 1. The molecule has 1 saturated heterocycles. The first-order chi connectivity index (χ1) is 10.5. The van der Waals surface area contributed by atoms with Crippen molar-refractivity contribution in [3.63, 3.8) is 0 Å². The van der Waals surface area contributed by atoms with E-state index in [0.29, 0.717) is 12.1 Å². The van der Waals surface area contributed by atoms with E-state index < -0.39 is 15.8 Å². The van der Waals surface area contributed by atoms with Gasteiger partial charge in [-0.1, -0.05) is 0 Å². The Hall–Kier alpha value is -1.64. The molecule has 0 amide bonds. The van der Waals surface area contributed by atoms with E-state index in [1.807, 2.05) is 0 Å². The van der Waals surface area contributed by atoms with Gasteiger partial charge in [0, 0.05) is 26.2 Å². The van der Waals surface area contributed by atoms with Gasteiger partial charge in [0.05, 0.1) is 10.4 Å². The largest absolute Gasteiger partial charge is 0.417 e. The standard InChI is InChI=1S/C14H19N3O4S/c1-16(8-9-17-6-2-3-7-17)22(19,20)11-4-5-12-13(10-11)21-14(18)15-12/h4-5,10H,2-3,6-9H2,1H3,(H,15,18). The highest BCUT2D eigenvalue weighted by atomic mass is 32.2. The lowest BCUT2D eigenvalue weighted by molar-refractivity contribution is 0.310. The predicted molar refractivity (Wildman–Crippen MR) is 82.3 cm³/mol. The molecule has 0 unspecified atom stereocenters. The first-order valence-corrected chi connectivity index (χ1v) is 8.72.